The zero-order chi connectivity index (χ0) is 24.2. The smallest absolute Gasteiger partial charge is 0.278 e. The number of aryl methyl sites for hydroxylation is 1. The Balaban J connectivity index is 1.46. The van der Waals surface area contributed by atoms with Crippen LogP contribution in [0.15, 0.2) is 59.4 Å². The van der Waals surface area contributed by atoms with Crippen LogP contribution in [0, 0.1) is 18.7 Å². The van der Waals surface area contributed by atoms with E-state index in [-0.39, 0.29) is 23.2 Å². The molecular formula is C25H25FN4O4. The molecule has 176 valence electrons. The molecule has 0 aliphatic carbocycles. The van der Waals surface area contributed by atoms with Crippen molar-refractivity contribution in [3.63, 3.8) is 0 Å². The van der Waals surface area contributed by atoms with Crippen molar-refractivity contribution < 1.29 is 18.7 Å². The van der Waals surface area contributed by atoms with Gasteiger partial charge < -0.3 is 15.0 Å². The highest BCUT2D eigenvalue weighted by Crippen LogP contribution is 2.26. The number of aromatic nitrogens is 2. The Hall–Kier alpha value is -4.01. The van der Waals surface area contributed by atoms with Crippen LogP contribution in [0.1, 0.15) is 29.0 Å². The highest BCUT2D eigenvalue weighted by molar-refractivity contribution is 5.95. The molecule has 1 fully saturated rings. The summed E-state index contributed by atoms with van der Waals surface area (Å²) in [5, 5.41) is 7.07. The van der Waals surface area contributed by atoms with E-state index in [1.54, 1.807) is 31.2 Å². The standard InChI is InChI=1S/C25H25FN4O4/c1-16-15-21(31)23(28-30(16)20-9-5-3-7-18(20)26)25(33)29-13-11-17(12-14-29)24(32)27-19-8-4-6-10-22(19)34-2/h3-10,15,17H,11-14H2,1-2H3,(H,27,32). The molecule has 0 saturated carbocycles. The summed E-state index contributed by atoms with van der Waals surface area (Å²) < 4.78 is 20.8. The number of anilines is 1. The fraction of sp³-hybridized carbons (Fsp3) is 0.280. The molecule has 9 heteroatoms. The van der Waals surface area contributed by atoms with Crippen molar-refractivity contribution in [3.05, 3.63) is 82.0 Å². The van der Waals surface area contributed by atoms with E-state index in [2.05, 4.69) is 10.4 Å². The molecule has 2 aromatic carbocycles. The van der Waals surface area contributed by atoms with Crippen LogP contribution < -0.4 is 15.5 Å². The Kier molecular flexibility index (Phi) is 6.72. The van der Waals surface area contributed by atoms with Gasteiger partial charge in [-0.3, -0.25) is 14.4 Å². The topological polar surface area (TPSA) is 93.5 Å². The van der Waals surface area contributed by atoms with Crippen molar-refractivity contribution >= 4 is 17.5 Å². The summed E-state index contributed by atoms with van der Waals surface area (Å²) in [4.78, 5) is 39.9. The maximum atomic E-state index is 14.3. The molecule has 2 heterocycles. The molecule has 4 rings (SSSR count). The number of halogens is 1. The molecule has 8 nitrogen and oxygen atoms in total. The van der Waals surface area contributed by atoms with Gasteiger partial charge in [0.1, 0.15) is 17.3 Å². The largest absolute Gasteiger partial charge is 0.495 e. The monoisotopic (exact) mass is 464 g/mol. The number of benzene rings is 2. The normalized spacial score (nSPS) is 14.0. The molecule has 0 bridgehead atoms. The number of nitrogens with zero attached hydrogens (tertiary/aromatic N) is 3. The van der Waals surface area contributed by atoms with E-state index in [1.165, 1.54) is 34.9 Å². The highest BCUT2D eigenvalue weighted by Gasteiger charge is 2.30. The molecular weight excluding hydrogens is 439 g/mol. The predicted octanol–water partition coefficient (Wildman–Crippen LogP) is 3.18. The molecule has 34 heavy (non-hydrogen) atoms. The van der Waals surface area contributed by atoms with E-state index in [0.717, 1.165) is 0 Å². The number of rotatable bonds is 5. The zero-order valence-corrected chi connectivity index (χ0v) is 19.0. The van der Waals surface area contributed by atoms with Crippen molar-refractivity contribution in [1.29, 1.82) is 0 Å². The minimum absolute atomic E-state index is 0.146. The van der Waals surface area contributed by atoms with E-state index in [0.29, 0.717) is 43.1 Å². The number of piperidine rings is 1. The number of carbonyl (C=O) groups is 2. The number of ether oxygens (including phenoxy) is 1. The van der Waals surface area contributed by atoms with Crippen molar-refractivity contribution in [2.75, 3.05) is 25.5 Å². The third-order valence-electron chi connectivity index (χ3n) is 5.91. The number of hydrogen-bond acceptors (Lipinski definition) is 5. The number of methoxy groups -OCH3 is 1. The van der Waals surface area contributed by atoms with Crippen molar-refractivity contribution in [2.45, 2.75) is 19.8 Å². The average molecular weight is 464 g/mol. The van der Waals surface area contributed by atoms with Gasteiger partial charge in [0.2, 0.25) is 11.3 Å². The van der Waals surface area contributed by atoms with Crippen LogP contribution in [0.25, 0.3) is 5.69 Å². The Morgan fingerprint density at radius 3 is 2.47 bits per heavy atom. The van der Waals surface area contributed by atoms with Crippen molar-refractivity contribution in [2.24, 2.45) is 5.92 Å². The summed E-state index contributed by atoms with van der Waals surface area (Å²) in [6.07, 6.45) is 0.889. The minimum Gasteiger partial charge on any atom is -0.495 e. The second kappa shape index (κ2) is 9.86. The van der Waals surface area contributed by atoms with Crippen LogP contribution in [-0.4, -0.2) is 46.7 Å². The quantitative estimate of drug-likeness (QED) is 0.626. The first-order chi connectivity index (χ1) is 16.4. The lowest BCUT2D eigenvalue weighted by atomic mass is 9.95. The first-order valence-electron chi connectivity index (χ1n) is 11.0. The average Bonchev–Trinajstić information content (AvgIpc) is 2.85. The maximum absolute atomic E-state index is 14.3. The van der Waals surface area contributed by atoms with Crippen LogP contribution >= 0.6 is 0 Å². The second-order valence-corrected chi connectivity index (χ2v) is 8.12. The van der Waals surface area contributed by atoms with Crippen LogP contribution in [-0.2, 0) is 4.79 Å². The van der Waals surface area contributed by atoms with Gasteiger partial charge in [-0.25, -0.2) is 9.07 Å². The fourth-order valence-corrected chi connectivity index (χ4v) is 4.04. The Morgan fingerprint density at radius 2 is 1.76 bits per heavy atom. The summed E-state index contributed by atoms with van der Waals surface area (Å²) in [6, 6.07) is 14.5. The number of amides is 2. The van der Waals surface area contributed by atoms with Crippen molar-refractivity contribution in [3.8, 4) is 11.4 Å². The van der Waals surface area contributed by atoms with Crippen LogP contribution in [0.5, 0.6) is 5.75 Å². The van der Waals surface area contributed by atoms with Gasteiger partial charge >= 0.3 is 0 Å². The molecule has 1 saturated heterocycles. The molecule has 1 aromatic heterocycles. The summed E-state index contributed by atoms with van der Waals surface area (Å²) in [5.74, 6) is -0.900. The highest BCUT2D eigenvalue weighted by atomic mass is 19.1. The van der Waals surface area contributed by atoms with Gasteiger partial charge in [0.25, 0.3) is 5.91 Å². The molecule has 2 amide bonds. The van der Waals surface area contributed by atoms with Crippen LogP contribution in [0.3, 0.4) is 0 Å². The first kappa shape index (κ1) is 23.2. The molecule has 0 spiro atoms. The first-order valence-corrected chi connectivity index (χ1v) is 11.0. The van der Waals surface area contributed by atoms with E-state index in [1.807, 2.05) is 12.1 Å². The van der Waals surface area contributed by atoms with Gasteiger partial charge in [-0.05, 0) is 44.0 Å². The molecule has 0 atom stereocenters. The number of hydrogen-bond donors (Lipinski definition) is 1. The van der Waals surface area contributed by atoms with E-state index < -0.39 is 17.2 Å². The van der Waals surface area contributed by atoms with E-state index in [9.17, 15) is 18.8 Å². The van der Waals surface area contributed by atoms with Crippen molar-refractivity contribution in [1.82, 2.24) is 14.7 Å². The lowest BCUT2D eigenvalue weighted by molar-refractivity contribution is -0.121. The summed E-state index contributed by atoms with van der Waals surface area (Å²) in [5.41, 5.74) is 0.363. The summed E-state index contributed by atoms with van der Waals surface area (Å²) in [7, 11) is 1.54. The number of para-hydroxylation sites is 3. The Morgan fingerprint density at radius 1 is 1.09 bits per heavy atom. The molecule has 0 radical (unpaired) electrons. The van der Waals surface area contributed by atoms with Gasteiger partial charge in [-0.15, -0.1) is 0 Å². The van der Waals surface area contributed by atoms with Gasteiger partial charge in [-0.2, -0.15) is 5.10 Å². The molecule has 3 aromatic rings. The minimum atomic E-state index is -0.529. The molecule has 1 aliphatic rings. The Bertz CT molecular complexity index is 1280. The summed E-state index contributed by atoms with van der Waals surface area (Å²) in [6.45, 7) is 2.23. The van der Waals surface area contributed by atoms with E-state index in [4.69, 9.17) is 4.74 Å². The number of likely N-dealkylation sites (tertiary alicyclic amines) is 1. The molecule has 1 N–H and O–H groups in total. The maximum Gasteiger partial charge on any atom is 0.278 e. The van der Waals surface area contributed by atoms with Crippen LogP contribution in [0.4, 0.5) is 10.1 Å². The Labute approximate surface area is 196 Å². The van der Waals surface area contributed by atoms with Crippen LogP contribution in [0.2, 0.25) is 0 Å². The van der Waals surface area contributed by atoms with Gasteiger partial charge in [0.15, 0.2) is 5.69 Å². The van der Waals surface area contributed by atoms with Gasteiger partial charge in [-0.1, -0.05) is 24.3 Å². The lowest BCUT2D eigenvalue weighted by Gasteiger charge is -2.31. The summed E-state index contributed by atoms with van der Waals surface area (Å²) >= 11 is 0. The zero-order valence-electron chi connectivity index (χ0n) is 19.0. The third-order valence-corrected chi connectivity index (χ3v) is 5.91. The number of nitrogens with one attached hydrogen (secondary N) is 1. The van der Waals surface area contributed by atoms with E-state index >= 15 is 0 Å². The SMILES string of the molecule is COc1ccccc1NC(=O)C1CCN(C(=O)c2nn(-c3ccccc3F)c(C)cc2=O)CC1. The van der Waals surface area contributed by atoms with Gasteiger partial charge in [0, 0.05) is 30.8 Å². The third kappa shape index (κ3) is 4.68. The second-order valence-electron chi connectivity index (χ2n) is 8.12. The lowest BCUT2D eigenvalue weighted by Crippen LogP contribution is -2.43. The fourth-order valence-electron chi connectivity index (χ4n) is 4.04. The van der Waals surface area contributed by atoms with Gasteiger partial charge in [0.05, 0.1) is 12.8 Å². The predicted molar refractivity (Wildman–Crippen MR) is 125 cm³/mol. The molecule has 0 unspecified atom stereocenters. The number of carbonyl (C=O) groups excluding carboxylic acids is 2. The molecule has 1 aliphatic heterocycles.